The number of hydrogen-bond donors (Lipinski definition) is 0. The third-order valence-corrected chi connectivity index (χ3v) is 3.29. The second kappa shape index (κ2) is 4.72. The monoisotopic (exact) mass is 267 g/mol. The van der Waals surface area contributed by atoms with E-state index in [4.69, 9.17) is 4.74 Å². The summed E-state index contributed by atoms with van der Waals surface area (Å²) >= 11 is 0. The van der Waals surface area contributed by atoms with Crippen LogP contribution in [-0.4, -0.2) is 42.8 Å². The molecule has 3 nitrogen and oxygen atoms in total. The Morgan fingerprint density at radius 3 is 2.22 bits per heavy atom. The zero-order valence-corrected chi connectivity index (χ0v) is 11.2. The standard InChI is InChI=1S/C12H20F3NO2/c1-10(2,3)9(17)16-7-5-6-11(8-16,18-4)12(13,14)15/h5-8H2,1-4H3. The van der Waals surface area contributed by atoms with Gasteiger partial charge in [0.25, 0.3) is 0 Å². The van der Waals surface area contributed by atoms with Crippen LogP contribution in [0.25, 0.3) is 0 Å². The predicted octanol–water partition coefficient (Wildman–Crippen LogP) is 2.60. The van der Waals surface area contributed by atoms with Gasteiger partial charge in [0.1, 0.15) is 0 Å². The van der Waals surface area contributed by atoms with Crippen molar-refractivity contribution >= 4 is 5.91 Å². The van der Waals surface area contributed by atoms with Crippen LogP contribution >= 0.6 is 0 Å². The fourth-order valence-electron chi connectivity index (χ4n) is 2.18. The van der Waals surface area contributed by atoms with E-state index in [2.05, 4.69) is 0 Å². The number of nitrogens with zero attached hydrogens (tertiary/aromatic N) is 1. The van der Waals surface area contributed by atoms with Crippen molar-refractivity contribution in [3.05, 3.63) is 0 Å². The number of halogens is 3. The van der Waals surface area contributed by atoms with Crippen molar-refractivity contribution in [1.29, 1.82) is 0 Å². The van der Waals surface area contributed by atoms with E-state index < -0.39 is 23.7 Å². The van der Waals surface area contributed by atoms with E-state index in [1.807, 2.05) is 0 Å². The second-order valence-electron chi connectivity index (χ2n) is 5.78. The third-order valence-electron chi connectivity index (χ3n) is 3.29. The van der Waals surface area contributed by atoms with Crippen LogP contribution in [0.4, 0.5) is 13.2 Å². The minimum atomic E-state index is -4.46. The van der Waals surface area contributed by atoms with Gasteiger partial charge >= 0.3 is 6.18 Å². The van der Waals surface area contributed by atoms with Gasteiger partial charge in [0.15, 0.2) is 5.60 Å². The molecule has 1 heterocycles. The van der Waals surface area contributed by atoms with Gasteiger partial charge < -0.3 is 9.64 Å². The van der Waals surface area contributed by atoms with Crippen molar-refractivity contribution in [2.45, 2.75) is 45.4 Å². The Bertz CT molecular complexity index is 322. The van der Waals surface area contributed by atoms with Crippen LogP contribution in [0.3, 0.4) is 0 Å². The first-order valence-electron chi connectivity index (χ1n) is 5.95. The lowest BCUT2D eigenvalue weighted by Gasteiger charge is -2.44. The highest BCUT2D eigenvalue weighted by molar-refractivity contribution is 5.81. The average Bonchev–Trinajstić information content (AvgIpc) is 2.25. The van der Waals surface area contributed by atoms with Gasteiger partial charge in [0.2, 0.25) is 5.91 Å². The van der Waals surface area contributed by atoms with Crippen LogP contribution in [0.5, 0.6) is 0 Å². The molecule has 0 spiro atoms. The summed E-state index contributed by atoms with van der Waals surface area (Å²) in [5.74, 6) is -0.270. The normalized spacial score (nSPS) is 26.3. The molecule has 1 saturated heterocycles. The second-order valence-corrected chi connectivity index (χ2v) is 5.78. The smallest absolute Gasteiger partial charge is 0.367 e. The molecule has 1 atom stereocenters. The summed E-state index contributed by atoms with van der Waals surface area (Å²) < 4.78 is 43.9. The van der Waals surface area contributed by atoms with Crippen molar-refractivity contribution in [2.24, 2.45) is 5.41 Å². The van der Waals surface area contributed by atoms with Gasteiger partial charge in [-0.05, 0) is 12.8 Å². The number of ether oxygens (including phenoxy) is 1. The summed E-state index contributed by atoms with van der Waals surface area (Å²) in [7, 11) is 1.05. The van der Waals surface area contributed by atoms with Gasteiger partial charge in [-0.15, -0.1) is 0 Å². The third kappa shape index (κ3) is 2.79. The Morgan fingerprint density at radius 1 is 1.28 bits per heavy atom. The van der Waals surface area contributed by atoms with Crippen LogP contribution in [0, 0.1) is 5.41 Å². The molecule has 0 saturated carbocycles. The van der Waals surface area contributed by atoms with Crippen LogP contribution in [-0.2, 0) is 9.53 Å². The van der Waals surface area contributed by atoms with E-state index in [0.717, 1.165) is 7.11 Å². The number of carbonyl (C=O) groups excluding carboxylic acids is 1. The number of hydrogen-bond acceptors (Lipinski definition) is 2. The lowest BCUT2D eigenvalue weighted by Crippen LogP contribution is -2.60. The van der Waals surface area contributed by atoms with Crippen LogP contribution in [0.2, 0.25) is 0 Å². The molecule has 0 radical (unpaired) electrons. The number of methoxy groups -OCH3 is 1. The van der Waals surface area contributed by atoms with Crippen LogP contribution < -0.4 is 0 Å². The zero-order valence-electron chi connectivity index (χ0n) is 11.2. The minimum Gasteiger partial charge on any atom is -0.367 e. The molecule has 6 heteroatoms. The van der Waals surface area contributed by atoms with E-state index in [0.29, 0.717) is 13.0 Å². The molecular formula is C12H20F3NO2. The Balaban J connectivity index is 2.93. The predicted molar refractivity (Wildman–Crippen MR) is 61.1 cm³/mol. The van der Waals surface area contributed by atoms with E-state index in [1.165, 1.54) is 4.90 Å². The number of carbonyl (C=O) groups is 1. The molecule has 1 aliphatic heterocycles. The summed E-state index contributed by atoms with van der Waals surface area (Å²) in [6.45, 7) is 5.05. The molecule has 1 aliphatic rings. The molecule has 0 aromatic carbocycles. The molecule has 0 aromatic heterocycles. The highest BCUT2D eigenvalue weighted by Gasteiger charge is 2.58. The molecule has 1 fully saturated rings. The fourth-order valence-corrected chi connectivity index (χ4v) is 2.18. The molecule has 0 bridgehead atoms. The highest BCUT2D eigenvalue weighted by atomic mass is 19.4. The first kappa shape index (κ1) is 15.3. The van der Waals surface area contributed by atoms with E-state index in [1.54, 1.807) is 20.8 Å². The molecular weight excluding hydrogens is 247 g/mol. The van der Waals surface area contributed by atoms with Gasteiger partial charge in [-0.2, -0.15) is 13.2 Å². The van der Waals surface area contributed by atoms with E-state index in [9.17, 15) is 18.0 Å². The molecule has 106 valence electrons. The topological polar surface area (TPSA) is 29.5 Å². The van der Waals surface area contributed by atoms with Gasteiger partial charge in [0.05, 0.1) is 6.54 Å². The van der Waals surface area contributed by atoms with E-state index in [-0.39, 0.29) is 12.3 Å². The highest BCUT2D eigenvalue weighted by Crippen LogP contribution is 2.40. The van der Waals surface area contributed by atoms with Gasteiger partial charge in [-0.1, -0.05) is 20.8 Å². The molecule has 18 heavy (non-hydrogen) atoms. The number of likely N-dealkylation sites (tertiary alicyclic amines) is 1. The summed E-state index contributed by atoms with van der Waals surface area (Å²) in [6, 6.07) is 0. The maximum atomic E-state index is 13.1. The SMILES string of the molecule is COC1(C(F)(F)F)CCCN(C(=O)C(C)(C)C)C1. The quantitative estimate of drug-likeness (QED) is 0.731. The van der Waals surface area contributed by atoms with Crippen molar-refractivity contribution in [3.8, 4) is 0 Å². The zero-order chi connectivity index (χ0) is 14.2. The average molecular weight is 267 g/mol. The molecule has 0 aromatic rings. The van der Waals surface area contributed by atoms with Gasteiger partial charge in [-0.25, -0.2) is 0 Å². The largest absolute Gasteiger partial charge is 0.419 e. The number of amides is 1. The summed E-state index contributed by atoms with van der Waals surface area (Å²) in [6.07, 6.45) is -4.26. The fraction of sp³-hybridized carbons (Fsp3) is 0.917. The first-order valence-corrected chi connectivity index (χ1v) is 5.95. The molecule has 1 unspecified atom stereocenters. The van der Waals surface area contributed by atoms with Gasteiger partial charge in [-0.3, -0.25) is 4.79 Å². The molecule has 1 amide bonds. The van der Waals surface area contributed by atoms with Crippen molar-refractivity contribution in [3.63, 3.8) is 0 Å². The lowest BCUT2D eigenvalue weighted by molar-refractivity contribution is -0.282. The summed E-state index contributed by atoms with van der Waals surface area (Å²) in [5.41, 5.74) is -2.89. The number of piperidine rings is 1. The van der Waals surface area contributed by atoms with Crippen molar-refractivity contribution < 1.29 is 22.7 Å². The van der Waals surface area contributed by atoms with Crippen LogP contribution in [0.15, 0.2) is 0 Å². The number of rotatable bonds is 1. The summed E-state index contributed by atoms with van der Waals surface area (Å²) in [5, 5.41) is 0. The Kier molecular flexibility index (Phi) is 4.00. The number of alkyl halides is 3. The van der Waals surface area contributed by atoms with Crippen molar-refractivity contribution in [1.82, 2.24) is 4.90 Å². The Labute approximate surface area is 105 Å². The maximum absolute atomic E-state index is 13.1. The first-order chi connectivity index (χ1) is 8.03. The minimum absolute atomic E-state index is 0.0963. The van der Waals surface area contributed by atoms with Crippen LogP contribution in [0.1, 0.15) is 33.6 Å². The van der Waals surface area contributed by atoms with Crippen molar-refractivity contribution in [2.75, 3.05) is 20.2 Å². The van der Waals surface area contributed by atoms with E-state index >= 15 is 0 Å². The Morgan fingerprint density at radius 2 is 1.83 bits per heavy atom. The molecule has 1 rings (SSSR count). The van der Waals surface area contributed by atoms with Gasteiger partial charge in [0, 0.05) is 19.1 Å². The molecule has 0 aliphatic carbocycles. The summed E-state index contributed by atoms with van der Waals surface area (Å²) in [4.78, 5) is 13.3. The maximum Gasteiger partial charge on any atom is 0.419 e. The lowest BCUT2D eigenvalue weighted by atomic mass is 9.88. The Hall–Kier alpha value is -0.780. The molecule has 0 N–H and O–H groups in total.